The molecular weight excluding hydrogens is 332 g/mol. The summed E-state index contributed by atoms with van der Waals surface area (Å²) in [5, 5.41) is 0. The van der Waals surface area contributed by atoms with E-state index >= 15 is 0 Å². The van der Waals surface area contributed by atoms with E-state index in [0.717, 1.165) is 5.69 Å². The van der Waals surface area contributed by atoms with Crippen molar-refractivity contribution in [1.82, 2.24) is 0 Å². The second-order valence-corrected chi connectivity index (χ2v) is 7.28. The normalized spacial score (nSPS) is 15.5. The third kappa shape index (κ3) is 2.35. The quantitative estimate of drug-likeness (QED) is 0.915. The number of amides is 1. The van der Waals surface area contributed by atoms with Crippen molar-refractivity contribution in [2.24, 2.45) is 0 Å². The molecule has 124 valence electrons. The number of nitrogens with one attached hydrogen (secondary N) is 1. The molecule has 2 heterocycles. The molecule has 1 N–H and O–H groups in total. The monoisotopic (exact) mass is 346 g/mol. The van der Waals surface area contributed by atoms with Gasteiger partial charge in [-0.15, -0.1) is 0 Å². The summed E-state index contributed by atoms with van der Waals surface area (Å²) >= 11 is 0. The third-order valence-corrected chi connectivity index (χ3v) is 5.44. The second kappa shape index (κ2) is 5.13. The van der Waals surface area contributed by atoms with Crippen LogP contribution in [0.4, 0.5) is 11.4 Å². The number of benzene rings is 2. The first-order valence-electron chi connectivity index (χ1n) is 7.26. The number of carbonyl (C=O) groups is 1. The predicted molar refractivity (Wildman–Crippen MR) is 86.9 cm³/mol. The average molecular weight is 346 g/mol. The first kappa shape index (κ1) is 14.8. The maximum Gasteiger partial charge on any atom is 0.261 e. The van der Waals surface area contributed by atoms with Crippen molar-refractivity contribution in [3.8, 4) is 11.5 Å². The van der Waals surface area contributed by atoms with Crippen molar-refractivity contribution in [3.63, 3.8) is 0 Å². The maximum atomic E-state index is 12.6. The van der Waals surface area contributed by atoms with Crippen LogP contribution in [0, 0.1) is 0 Å². The minimum absolute atomic E-state index is 0.0525. The molecule has 1 amide bonds. The first-order valence-corrected chi connectivity index (χ1v) is 8.74. The Morgan fingerprint density at radius 2 is 1.88 bits per heavy atom. The molecule has 2 aliphatic heterocycles. The summed E-state index contributed by atoms with van der Waals surface area (Å²) in [4.78, 5) is 13.4. The molecule has 0 aromatic heterocycles. The molecular formula is C16H14N2O5S. The van der Waals surface area contributed by atoms with Gasteiger partial charge in [-0.3, -0.25) is 9.52 Å². The minimum atomic E-state index is -3.76. The van der Waals surface area contributed by atoms with Crippen molar-refractivity contribution >= 4 is 27.3 Å². The summed E-state index contributed by atoms with van der Waals surface area (Å²) in [5.74, 6) is 1.02. The van der Waals surface area contributed by atoms with E-state index in [1.807, 2.05) is 0 Å². The number of hydrogen-bond donors (Lipinski definition) is 1. The Balaban J connectivity index is 1.64. The number of likely N-dealkylation sites (N-methyl/N-ethyl adjacent to an activating group) is 1. The molecule has 0 spiro atoms. The van der Waals surface area contributed by atoms with Crippen LogP contribution in [-0.4, -0.2) is 28.2 Å². The van der Waals surface area contributed by atoms with Gasteiger partial charge in [-0.2, -0.15) is 0 Å². The van der Waals surface area contributed by atoms with Gasteiger partial charge in [-0.1, -0.05) is 0 Å². The smallest absolute Gasteiger partial charge is 0.261 e. The highest BCUT2D eigenvalue weighted by Gasteiger charge is 2.26. The van der Waals surface area contributed by atoms with Crippen LogP contribution in [0.3, 0.4) is 0 Å². The third-order valence-electron chi connectivity index (χ3n) is 4.06. The SMILES string of the molecule is CN1C(=O)Cc2cc(S(=O)(=O)Nc3ccc4c(c3)OCO4)ccc21. The number of rotatable bonds is 3. The molecule has 2 aliphatic rings. The maximum absolute atomic E-state index is 12.6. The van der Waals surface area contributed by atoms with Crippen molar-refractivity contribution in [2.45, 2.75) is 11.3 Å². The van der Waals surface area contributed by atoms with E-state index in [4.69, 9.17) is 9.47 Å². The first-order chi connectivity index (χ1) is 11.4. The van der Waals surface area contributed by atoms with E-state index in [1.54, 1.807) is 31.3 Å². The van der Waals surface area contributed by atoms with E-state index in [2.05, 4.69) is 4.72 Å². The van der Waals surface area contributed by atoms with Gasteiger partial charge >= 0.3 is 0 Å². The van der Waals surface area contributed by atoms with Crippen LogP contribution in [0.2, 0.25) is 0 Å². The van der Waals surface area contributed by atoms with Gasteiger partial charge in [0.25, 0.3) is 10.0 Å². The fourth-order valence-corrected chi connectivity index (χ4v) is 3.89. The minimum Gasteiger partial charge on any atom is -0.454 e. The lowest BCUT2D eigenvalue weighted by atomic mass is 10.2. The zero-order valence-electron chi connectivity index (χ0n) is 12.8. The summed E-state index contributed by atoms with van der Waals surface area (Å²) in [6.45, 7) is 0.123. The van der Waals surface area contributed by atoms with Crippen molar-refractivity contribution in [3.05, 3.63) is 42.0 Å². The van der Waals surface area contributed by atoms with E-state index in [-0.39, 0.29) is 24.0 Å². The molecule has 24 heavy (non-hydrogen) atoms. The van der Waals surface area contributed by atoms with E-state index in [0.29, 0.717) is 22.7 Å². The van der Waals surface area contributed by atoms with Gasteiger partial charge in [0.05, 0.1) is 17.0 Å². The van der Waals surface area contributed by atoms with Gasteiger partial charge in [0.15, 0.2) is 11.5 Å². The molecule has 0 radical (unpaired) electrons. The van der Waals surface area contributed by atoms with E-state index < -0.39 is 10.0 Å². The molecule has 0 atom stereocenters. The molecule has 0 saturated heterocycles. The summed E-state index contributed by atoms with van der Waals surface area (Å²) in [5.41, 5.74) is 1.83. The number of anilines is 2. The van der Waals surface area contributed by atoms with Crippen molar-refractivity contribution in [1.29, 1.82) is 0 Å². The molecule has 0 aliphatic carbocycles. The van der Waals surface area contributed by atoms with Crippen LogP contribution in [0.15, 0.2) is 41.3 Å². The number of hydrogen-bond acceptors (Lipinski definition) is 5. The van der Waals surface area contributed by atoms with Gasteiger partial charge in [-0.25, -0.2) is 8.42 Å². The molecule has 8 heteroatoms. The summed E-state index contributed by atoms with van der Waals surface area (Å²) in [7, 11) is -2.09. The van der Waals surface area contributed by atoms with Gasteiger partial charge < -0.3 is 14.4 Å². The fourth-order valence-electron chi connectivity index (χ4n) is 2.79. The second-order valence-electron chi connectivity index (χ2n) is 5.59. The number of fused-ring (bicyclic) bond motifs is 2. The Hall–Kier alpha value is -2.74. The highest BCUT2D eigenvalue weighted by Crippen LogP contribution is 2.35. The summed E-state index contributed by atoms with van der Waals surface area (Å²) < 4.78 is 38.1. The standard InChI is InChI=1S/C16H14N2O5S/c1-18-13-4-3-12(6-10(13)7-16(18)19)24(20,21)17-11-2-5-14-15(8-11)23-9-22-14/h2-6,8,17H,7,9H2,1H3. The van der Waals surface area contributed by atoms with Gasteiger partial charge in [0, 0.05) is 18.8 Å². The average Bonchev–Trinajstić information content (AvgIpc) is 3.11. The highest BCUT2D eigenvalue weighted by atomic mass is 32.2. The molecule has 2 aromatic carbocycles. The molecule has 4 rings (SSSR count). The lowest BCUT2D eigenvalue weighted by Crippen LogP contribution is -2.20. The molecule has 0 saturated carbocycles. The van der Waals surface area contributed by atoms with Crippen molar-refractivity contribution < 1.29 is 22.7 Å². The summed E-state index contributed by atoms with van der Waals surface area (Å²) in [6, 6.07) is 9.50. The molecule has 0 unspecified atom stereocenters. The number of sulfonamides is 1. The Bertz CT molecular complexity index is 955. The van der Waals surface area contributed by atoms with Crippen LogP contribution < -0.4 is 19.1 Å². The number of nitrogens with zero attached hydrogens (tertiary/aromatic N) is 1. The molecule has 0 bridgehead atoms. The van der Waals surface area contributed by atoms with Crippen LogP contribution in [0.5, 0.6) is 11.5 Å². The lowest BCUT2D eigenvalue weighted by Gasteiger charge is -2.12. The van der Waals surface area contributed by atoms with E-state index in [9.17, 15) is 13.2 Å². The van der Waals surface area contributed by atoms with Crippen LogP contribution in [0.1, 0.15) is 5.56 Å². The fraction of sp³-hybridized carbons (Fsp3) is 0.188. The zero-order chi connectivity index (χ0) is 16.9. The molecule has 2 aromatic rings. The van der Waals surface area contributed by atoms with Crippen molar-refractivity contribution in [2.75, 3.05) is 23.5 Å². The Kier molecular flexibility index (Phi) is 3.17. The largest absolute Gasteiger partial charge is 0.454 e. The van der Waals surface area contributed by atoms with Crippen LogP contribution in [-0.2, 0) is 21.2 Å². The van der Waals surface area contributed by atoms with Gasteiger partial charge in [0.2, 0.25) is 12.7 Å². The van der Waals surface area contributed by atoms with Crippen LogP contribution >= 0.6 is 0 Å². The van der Waals surface area contributed by atoms with Gasteiger partial charge in [0.1, 0.15) is 0 Å². The number of ether oxygens (including phenoxy) is 2. The number of carbonyl (C=O) groups excluding carboxylic acids is 1. The molecule has 0 fully saturated rings. The lowest BCUT2D eigenvalue weighted by molar-refractivity contribution is -0.117. The highest BCUT2D eigenvalue weighted by molar-refractivity contribution is 7.92. The predicted octanol–water partition coefficient (Wildman–Crippen LogP) is 1.73. The topological polar surface area (TPSA) is 84.9 Å². The molecule has 7 nitrogen and oxygen atoms in total. The zero-order valence-corrected chi connectivity index (χ0v) is 13.6. The van der Waals surface area contributed by atoms with Gasteiger partial charge in [-0.05, 0) is 35.9 Å². The Labute approximate surface area is 138 Å². The summed E-state index contributed by atoms with van der Waals surface area (Å²) in [6.07, 6.45) is 0.208. The van der Waals surface area contributed by atoms with Crippen LogP contribution in [0.25, 0.3) is 0 Å². The Morgan fingerprint density at radius 1 is 1.08 bits per heavy atom. The van der Waals surface area contributed by atoms with E-state index in [1.165, 1.54) is 17.0 Å². The Morgan fingerprint density at radius 3 is 2.71 bits per heavy atom.